The van der Waals surface area contributed by atoms with Crippen molar-refractivity contribution in [3.05, 3.63) is 36.4 Å². The minimum atomic E-state index is 0.280. The van der Waals surface area contributed by atoms with Gasteiger partial charge < -0.3 is 4.42 Å². The fourth-order valence-electron chi connectivity index (χ4n) is 0.963. The molecule has 0 unspecified atom stereocenters. The van der Waals surface area contributed by atoms with Gasteiger partial charge in [0.1, 0.15) is 0 Å². The normalized spacial score (nSPS) is 9.85. The van der Waals surface area contributed by atoms with E-state index < -0.39 is 0 Å². The molecule has 2 heterocycles. The summed E-state index contributed by atoms with van der Waals surface area (Å²) < 4.78 is 5.13. The molecule has 2 rings (SSSR count). The van der Waals surface area contributed by atoms with E-state index >= 15 is 0 Å². The van der Waals surface area contributed by atoms with Crippen LogP contribution in [0.4, 0.5) is 0 Å². The SMILES string of the molecule is O=Cc1ccc(-c2ncccn2)o1. The quantitative estimate of drug-likeness (QED) is 0.648. The molecule has 0 spiro atoms. The molecule has 0 aliphatic heterocycles. The molecule has 4 nitrogen and oxygen atoms in total. The molecule has 0 bridgehead atoms. The van der Waals surface area contributed by atoms with Crippen molar-refractivity contribution in [2.24, 2.45) is 0 Å². The number of aromatic nitrogens is 2. The third-order valence-electron chi connectivity index (χ3n) is 1.53. The molecule has 2 aromatic heterocycles. The van der Waals surface area contributed by atoms with Crippen LogP contribution in [0.1, 0.15) is 10.6 Å². The van der Waals surface area contributed by atoms with Crippen LogP contribution in [0, 0.1) is 0 Å². The van der Waals surface area contributed by atoms with Crippen molar-refractivity contribution < 1.29 is 9.21 Å². The standard InChI is InChI=1S/C9H6N2O2/c12-6-7-2-3-8(13-7)9-10-4-1-5-11-9/h1-6H. The summed E-state index contributed by atoms with van der Waals surface area (Å²) in [7, 11) is 0. The first-order valence-electron chi connectivity index (χ1n) is 3.72. The van der Waals surface area contributed by atoms with Crippen LogP contribution in [0.2, 0.25) is 0 Å². The molecule has 0 N–H and O–H groups in total. The van der Waals surface area contributed by atoms with Gasteiger partial charge in [-0.05, 0) is 18.2 Å². The van der Waals surface area contributed by atoms with Crippen LogP contribution < -0.4 is 0 Å². The average Bonchev–Trinajstić information content (AvgIpc) is 2.67. The third kappa shape index (κ3) is 1.46. The van der Waals surface area contributed by atoms with Crippen LogP contribution in [0.15, 0.2) is 35.0 Å². The van der Waals surface area contributed by atoms with Crippen molar-refractivity contribution >= 4 is 6.29 Å². The average molecular weight is 174 g/mol. The number of carbonyl (C=O) groups excluding carboxylic acids is 1. The summed E-state index contributed by atoms with van der Waals surface area (Å²) in [4.78, 5) is 18.3. The minimum absolute atomic E-state index is 0.280. The van der Waals surface area contributed by atoms with Crippen LogP contribution in [-0.2, 0) is 0 Å². The molecule has 2 aromatic rings. The summed E-state index contributed by atoms with van der Waals surface area (Å²) in [5.74, 6) is 1.26. The number of hydrogen-bond acceptors (Lipinski definition) is 4. The highest BCUT2D eigenvalue weighted by molar-refractivity contribution is 5.71. The molecule has 0 atom stereocenters. The Morgan fingerprint density at radius 3 is 2.62 bits per heavy atom. The minimum Gasteiger partial charge on any atom is -0.450 e. The Morgan fingerprint density at radius 1 is 1.23 bits per heavy atom. The maximum Gasteiger partial charge on any atom is 0.195 e. The number of hydrogen-bond donors (Lipinski definition) is 0. The zero-order valence-corrected chi connectivity index (χ0v) is 6.68. The van der Waals surface area contributed by atoms with Gasteiger partial charge in [-0.3, -0.25) is 4.79 Å². The van der Waals surface area contributed by atoms with Gasteiger partial charge in [-0.1, -0.05) is 0 Å². The lowest BCUT2D eigenvalue weighted by molar-refractivity contribution is 0.110. The van der Waals surface area contributed by atoms with Gasteiger partial charge in [-0.15, -0.1) is 0 Å². The van der Waals surface area contributed by atoms with E-state index in [-0.39, 0.29) is 5.76 Å². The predicted octanol–water partition coefficient (Wildman–Crippen LogP) is 1.55. The van der Waals surface area contributed by atoms with Gasteiger partial charge in [0.25, 0.3) is 0 Å². The molecular formula is C9H6N2O2. The Labute approximate surface area is 74.2 Å². The van der Waals surface area contributed by atoms with E-state index in [1.807, 2.05) is 0 Å². The summed E-state index contributed by atoms with van der Waals surface area (Å²) in [5.41, 5.74) is 0. The van der Waals surface area contributed by atoms with E-state index in [4.69, 9.17) is 4.42 Å². The predicted molar refractivity (Wildman–Crippen MR) is 45.1 cm³/mol. The monoisotopic (exact) mass is 174 g/mol. The summed E-state index contributed by atoms with van der Waals surface area (Å²) in [6.07, 6.45) is 3.88. The third-order valence-corrected chi connectivity index (χ3v) is 1.53. The second-order valence-corrected chi connectivity index (χ2v) is 2.39. The molecule has 0 saturated heterocycles. The van der Waals surface area contributed by atoms with Gasteiger partial charge in [0.2, 0.25) is 0 Å². The lowest BCUT2D eigenvalue weighted by Gasteiger charge is -1.91. The van der Waals surface area contributed by atoms with E-state index in [1.165, 1.54) is 0 Å². The zero-order chi connectivity index (χ0) is 9.10. The van der Waals surface area contributed by atoms with Crippen LogP contribution in [0.5, 0.6) is 0 Å². The smallest absolute Gasteiger partial charge is 0.195 e. The van der Waals surface area contributed by atoms with Gasteiger partial charge in [-0.2, -0.15) is 0 Å². The van der Waals surface area contributed by atoms with Crippen LogP contribution in [-0.4, -0.2) is 16.3 Å². The molecule has 0 amide bonds. The fraction of sp³-hybridized carbons (Fsp3) is 0. The van der Waals surface area contributed by atoms with Crippen molar-refractivity contribution in [1.82, 2.24) is 9.97 Å². The van der Waals surface area contributed by atoms with E-state index in [9.17, 15) is 4.79 Å². The van der Waals surface area contributed by atoms with E-state index in [1.54, 1.807) is 30.6 Å². The highest BCUT2D eigenvalue weighted by atomic mass is 16.3. The Balaban J connectivity index is 2.41. The van der Waals surface area contributed by atoms with Gasteiger partial charge in [0.15, 0.2) is 23.6 Å². The maximum atomic E-state index is 10.3. The number of rotatable bonds is 2. The highest BCUT2D eigenvalue weighted by Gasteiger charge is 2.04. The number of nitrogens with zero attached hydrogens (tertiary/aromatic N) is 2. The second-order valence-electron chi connectivity index (χ2n) is 2.39. The van der Waals surface area contributed by atoms with Crippen molar-refractivity contribution in [3.63, 3.8) is 0 Å². The van der Waals surface area contributed by atoms with Gasteiger partial charge in [-0.25, -0.2) is 9.97 Å². The molecule has 0 radical (unpaired) electrons. The number of carbonyl (C=O) groups is 1. The largest absolute Gasteiger partial charge is 0.450 e. The van der Waals surface area contributed by atoms with Crippen LogP contribution >= 0.6 is 0 Å². The molecule has 0 aliphatic rings. The van der Waals surface area contributed by atoms with Crippen molar-refractivity contribution in [2.75, 3.05) is 0 Å². The van der Waals surface area contributed by atoms with Crippen LogP contribution in [0.25, 0.3) is 11.6 Å². The molecule has 0 aromatic carbocycles. The second kappa shape index (κ2) is 3.18. The molecular weight excluding hydrogens is 168 g/mol. The van der Waals surface area contributed by atoms with Gasteiger partial charge in [0.05, 0.1) is 0 Å². The van der Waals surface area contributed by atoms with E-state index in [0.717, 1.165) is 0 Å². The maximum absolute atomic E-state index is 10.3. The Morgan fingerprint density at radius 2 is 2.00 bits per heavy atom. The number of aldehydes is 1. The number of furan rings is 1. The fourth-order valence-corrected chi connectivity index (χ4v) is 0.963. The van der Waals surface area contributed by atoms with Crippen molar-refractivity contribution in [2.45, 2.75) is 0 Å². The molecule has 0 saturated carbocycles. The summed E-state index contributed by atoms with van der Waals surface area (Å²) in [6, 6.07) is 4.96. The van der Waals surface area contributed by atoms with Crippen LogP contribution in [0.3, 0.4) is 0 Å². The lowest BCUT2D eigenvalue weighted by Crippen LogP contribution is -1.83. The first kappa shape index (κ1) is 7.67. The Hall–Kier alpha value is -1.97. The zero-order valence-electron chi connectivity index (χ0n) is 6.68. The van der Waals surface area contributed by atoms with Crippen molar-refractivity contribution in [3.8, 4) is 11.6 Å². The first-order valence-corrected chi connectivity index (χ1v) is 3.72. The highest BCUT2D eigenvalue weighted by Crippen LogP contribution is 2.15. The molecule has 0 aliphatic carbocycles. The molecule has 13 heavy (non-hydrogen) atoms. The van der Waals surface area contributed by atoms with E-state index in [2.05, 4.69) is 9.97 Å². The van der Waals surface area contributed by atoms with E-state index in [0.29, 0.717) is 17.9 Å². The molecule has 0 fully saturated rings. The first-order chi connectivity index (χ1) is 6.40. The van der Waals surface area contributed by atoms with Gasteiger partial charge >= 0.3 is 0 Å². The van der Waals surface area contributed by atoms with Crippen molar-refractivity contribution in [1.29, 1.82) is 0 Å². The Kier molecular flexibility index (Phi) is 1.88. The topological polar surface area (TPSA) is 56.0 Å². The molecule has 4 heteroatoms. The Bertz CT molecular complexity index is 409. The molecule has 64 valence electrons. The summed E-state index contributed by atoms with van der Waals surface area (Å²) >= 11 is 0. The summed E-state index contributed by atoms with van der Waals surface area (Å²) in [5, 5.41) is 0. The van der Waals surface area contributed by atoms with Gasteiger partial charge in [0, 0.05) is 12.4 Å². The lowest BCUT2D eigenvalue weighted by atomic mass is 10.4. The summed E-state index contributed by atoms with van der Waals surface area (Å²) in [6.45, 7) is 0.